The zero-order valence-corrected chi connectivity index (χ0v) is 15.2. The molecule has 3 rings (SSSR count). The van der Waals surface area contributed by atoms with Gasteiger partial charge in [-0.05, 0) is 18.1 Å². The Kier molecular flexibility index (Phi) is 5.53. The van der Waals surface area contributed by atoms with Gasteiger partial charge in [-0.3, -0.25) is 5.32 Å². The minimum atomic E-state index is -0.738. The molecule has 0 spiro atoms. The average Bonchev–Trinajstić information content (AvgIpc) is 3.16. The van der Waals surface area contributed by atoms with Crippen molar-refractivity contribution in [3.8, 4) is 5.88 Å². The van der Waals surface area contributed by atoms with Crippen LogP contribution in [0.15, 0.2) is 36.7 Å². The predicted octanol–water partition coefficient (Wildman–Crippen LogP) is 5.10. The summed E-state index contributed by atoms with van der Waals surface area (Å²) in [5, 5.41) is 2.78. The van der Waals surface area contributed by atoms with Crippen LogP contribution in [0, 0.1) is 11.6 Å². The van der Waals surface area contributed by atoms with Gasteiger partial charge in [0.05, 0.1) is 12.7 Å². The molecule has 0 unspecified atom stereocenters. The number of aromatic nitrogens is 2. The molecule has 136 valence electrons. The van der Waals surface area contributed by atoms with Crippen LogP contribution in [0.1, 0.15) is 18.1 Å². The molecule has 0 radical (unpaired) electrons. The Hall–Kier alpha value is -2.45. The van der Waals surface area contributed by atoms with E-state index < -0.39 is 17.7 Å². The number of amides is 1. The number of carbonyl (C=O) groups is 1. The molecule has 0 atom stereocenters. The van der Waals surface area contributed by atoms with Crippen LogP contribution in [0.3, 0.4) is 0 Å². The third-order valence-corrected chi connectivity index (χ3v) is 4.59. The number of nitrogens with one attached hydrogen (secondary N) is 1. The van der Waals surface area contributed by atoms with Crippen molar-refractivity contribution < 1.29 is 18.3 Å². The number of halogens is 3. The molecular formula is C17H14ClF2N3O2S. The highest BCUT2D eigenvalue weighted by Gasteiger charge is 2.14. The summed E-state index contributed by atoms with van der Waals surface area (Å²) in [5.41, 5.74) is 1.19. The Balaban J connectivity index is 1.78. The molecule has 1 amide bonds. The lowest BCUT2D eigenvalue weighted by molar-refractivity contribution is 0.211. The predicted molar refractivity (Wildman–Crippen MR) is 96.0 cm³/mol. The summed E-state index contributed by atoms with van der Waals surface area (Å²) in [7, 11) is 0. The lowest BCUT2D eigenvalue weighted by atomic mass is 10.2. The quantitative estimate of drug-likeness (QED) is 0.651. The van der Waals surface area contributed by atoms with Crippen molar-refractivity contribution in [3.05, 3.63) is 63.8 Å². The van der Waals surface area contributed by atoms with E-state index in [1.807, 2.05) is 6.92 Å². The maximum Gasteiger partial charge on any atom is 0.420 e. The first-order valence-electron chi connectivity index (χ1n) is 7.67. The summed E-state index contributed by atoms with van der Waals surface area (Å²) >= 11 is 6.86. The Morgan fingerprint density at radius 2 is 2.19 bits per heavy atom. The number of aryl methyl sites for hydroxylation is 1. The fourth-order valence-corrected chi connectivity index (χ4v) is 3.10. The largest absolute Gasteiger partial charge is 0.420 e. The number of benzene rings is 1. The number of hydrogen-bond acceptors (Lipinski definition) is 4. The van der Waals surface area contributed by atoms with Crippen molar-refractivity contribution in [2.45, 2.75) is 19.9 Å². The molecule has 0 aliphatic carbocycles. The molecule has 3 aromatic rings. The monoisotopic (exact) mass is 397 g/mol. The first-order chi connectivity index (χ1) is 12.4. The molecule has 0 saturated carbocycles. The topological polar surface area (TPSA) is 56.1 Å². The van der Waals surface area contributed by atoms with Gasteiger partial charge in [0, 0.05) is 23.9 Å². The molecule has 1 N–H and O–H groups in total. The number of hydrogen-bond donors (Lipinski definition) is 1. The lowest BCUT2D eigenvalue weighted by Crippen LogP contribution is -2.18. The summed E-state index contributed by atoms with van der Waals surface area (Å²) in [6.45, 7) is 2.04. The zero-order chi connectivity index (χ0) is 18.7. The van der Waals surface area contributed by atoms with Gasteiger partial charge < -0.3 is 9.30 Å². The Morgan fingerprint density at radius 1 is 1.38 bits per heavy atom. The smallest absolute Gasteiger partial charge is 0.393 e. The fraction of sp³-hybridized carbons (Fsp3) is 0.176. The molecule has 5 nitrogen and oxygen atoms in total. The molecule has 2 heterocycles. The Morgan fingerprint density at radius 3 is 2.85 bits per heavy atom. The minimum absolute atomic E-state index is 0.0950. The maximum atomic E-state index is 13.9. The van der Waals surface area contributed by atoms with Gasteiger partial charge in [0.2, 0.25) is 5.88 Å². The van der Waals surface area contributed by atoms with Crippen molar-refractivity contribution in [1.29, 1.82) is 0 Å². The third-order valence-electron chi connectivity index (χ3n) is 3.56. The number of nitrogens with zero attached hydrogens (tertiary/aromatic N) is 2. The normalized spacial score (nSPS) is 10.8. The van der Waals surface area contributed by atoms with E-state index in [4.69, 9.17) is 16.3 Å². The van der Waals surface area contributed by atoms with Crippen LogP contribution in [0.25, 0.3) is 0 Å². The second-order valence-corrected chi connectivity index (χ2v) is 7.05. The van der Waals surface area contributed by atoms with Gasteiger partial charge in [-0.25, -0.2) is 18.6 Å². The molecule has 0 bridgehead atoms. The van der Waals surface area contributed by atoms with Crippen molar-refractivity contribution in [3.63, 3.8) is 0 Å². The van der Waals surface area contributed by atoms with E-state index in [-0.39, 0.29) is 18.0 Å². The lowest BCUT2D eigenvalue weighted by Gasteiger charge is -2.10. The first kappa shape index (κ1) is 18.3. The van der Waals surface area contributed by atoms with Gasteiger partial charge in [-0.2, -0.15) is 0 Å². The first-order valence-corrected chi connectivity index (χ1v) is 8.87. The van der Waals surface area contributed by atoms with E-state index in [0.717, 1.165) is 23.0 Å². The molecule has 0 aliphatic heterocycles. The molecule has 9 heteroatoms. The molecule has 0 aliphatic rings. The van der Waals surface area contributed by atoms with Crippen molar-refractivity contribution >= 4 is 34.2 Å². The van der Waals surface area contributed by atoms with Gasteiger partial charge in [0.25, 0.3) is 0 Å². The van der Waals surface area contributed by atoms with Crippen molar-refractivity contribution in [2.75, 3.05) is 5.32 Å². The van der Waals surface area contributed by atoms with Crippen LogP contribution in [0.5, 0.6) is 5.88 Å². The highest BCUT2D eigenvalue weighted by molar-refractivity contribution is 7.19. The van der Waals surface area contributed by atoms with Crippen LogP contribution in [0.2, 0.25) is 4.34 Å². The van der Waals surface area contributed by atoms with Crippen molar-refractivity contribution in [2.24, 2.45) is 0 Å². The Labute approximate surface area is 157 Å². The minimum Gasteiger partial charge on any atom is -0.393 e. The van der Waals surface area contributed by atoms with Gasteiger partial charge in [-0.15, -0.1) is 0 Å². The van der Waals surface area contributed by atoms with Crippen LogP contribution in [0.4, 0.5) is 18.7 Å². The van der Waals surface area contributed by atoms with Gasteiger partial charge in [-0.1, -0.05) is 35.9 Å². The summed E-state index contributed by atoms with van der Waals surface area (Å²) in [4.78, 5) is 16.0. The van der Waals surface area contributed by atoms with Crippen LogP contribution >= 0.6 is 22.9 Å². The van der Waals surface area contributed by atoms with E-state index in [9.17, 15) is 13.6 Å². The van der Waals surface area contributed by atoms with Crippen LogP contribution in [-0.4, -0.2) is 15.6 Å². The SMILES string of the molecule is CCc1cc(OC(=O)Nc2ncc(Cl)s2)n(Cc2ccc(F)cc2F)c1. The highest BCUT2D eigenvalue weighted by Crippen LogP contribution is 2.24. The number of rotatable bonds is 5. The van der Waals surface area contributed by atoms with E-state index in [0.29, 0.717) is 15.9 Å². The molecular weight excluding hydrogens is 384 g/mol. The summed E-state index contributed by atoms with van der Waals surface area (Å²) in [6, 6.07) is 5.05. The maximum absolute atomic E-state index is 13.9. The van der Waals surface area contributed by atoms with Crippen LogP contribution < -0.4 is 10.1 Å². The fourth-order valence-electron chi connectivity index (χ4n) is 2.30. The summed E-state index contributed by atoms with van der Waals surface area (Å²) in [5.74, 6) is -1.07. The molecule has 2 aromatic heterocycles. The molecule has 0 saturated heterocycles. The van der Waals surface area contributed by atoms with E-state index >= 15 is 0 Å². The number of carbonyl (C=O) groups excluding carboxylic acids is 1. The average molecular weight is 398 g/mol. The molecule has 26 heavy (non-hydrogen) atoms. The number of anilines is 1. The van der Waals surface area contributed by atoms with Crippen molar-refractivity contribution in [1.82, 2.24) is 9.55 Å². The zero-order valence-electron chi connectivity index (χ0n) is 13.6. The number of ether oxygens (including phenoxy) is 1. The standard InChI is InChI=1S/C17H14ClF2N3O2S/c1-2-10-5-15(25-17(24)22-16-21-7-14(18)26-16)23(8-10)9-11-3-4-12(19)6-13(11)20/h3-8H,2,9H2,1H3,(H,21,22,24). The molecule has 1 aromatic carbocycles. The van der Waals surface area contributed by atoms with Gasteiger partial charge in [0.15, 0.2) is 5.13 Å². The van der Waals surface area contributed by atoms with Crippen LogP contribution in [-0.2, 0) is 13.0 Å². The van der Waals surface area contributed by atoms with E-state index in [1.165, 1.54) is 18.3 Å². The summed E-state index contributed by atoms with van der Waals surface area (Å²) in [6.07, 6.45) is 3.14. The Bertz CT molecular complexity index is 942. The van der Waals surface area contributed by atoms with E-state index in [2.05, 4.69) is 10.3 Å². The summed E-state index contributed by atoms with van der Waals surface area (Å²) < 4.78 is 34.3. The van der Waals surface area contributed by atoms with Gasteiger partial charge >= 0.3 is 6.09 Å². The second-order valence-electron chi connectivity index (χ2n) is 5.39. The third kappa shape index (κ3) is 4.39. The molecule has 0 fully saturated rings. The van der Waals surface area contributed by atoms with Gasteiger partial charge in [0.1, 0.15) is 16.0 Å². The number of thiazole rings is 1. The second kappa shape index (κ2) is 7.84. The van der Waals surface area contributed by atoms with E-state index in [1.54, 1.807) is 16.8 Å². The highest BCUT2D eigenvalue weighted by atomic mass is 35.5.